The maximum absolute atomic E-state index is 13.0. The van der Waals surface area contributed by atoms with Crippen LogP contribution in [0.25, 0.3) is 33.1 Å². The summed E-state index contributed by atoms with van der Waals surface area (Å²) in [6.07, 6.45) is 3.68. The Balaban J connectivity index is 1.26. The van der Waals surface area contributed by atoms with Crippen molar-refractivity contribution in [1.29, 1.82) is 0 Å². The van der Waals surface area contributed by atoms with Gasteiger partial charge in [0.05, 0.1) is 7.11 Å². The van der Waals surface area contributed by atoms with Crippen molar-refractivity contribution in [2.24, 2.45) is 0 Å². The summed E-state index contributed by atoms with van der Waals surface area (Å²) in [6, 6.07) is 24.0. The van der Waals surface area contributed by atoms with Crippen LogP contribution in [0, 0.1) is 0 Å². The number of hydrogen-bond donors (Lipinski definition) is 1. The van der Waals surface area contributed by atoms with E-state index in [1.165, 1.54) is 0 Å². The molecular formula is C29H25N2O4+. The van der Waals surface area contributed by atoms with Gasteiger partial charge in [0.2, 0.25) is 18.3 Å². The van der Waals surface area contributed by atoms with Crippen molar-refractivity contribution in [3.05, 3.63) is 96.3 Å². The number of pyridine rings is 1. The third-order valence-corrected chi connectivity index (χ3v) is 6.87. The number of ether oxygens (including phenoxy) is 1. The quantitative estimate of drug-likeness (QED) is 0.282. The second-order valence-electron chi connectivity index (χ2n) is 9.00. The fourth-order valence-electron chi connectivity index (χ4n) is 5.10. The maximum Gasteiger partial charge on any atom is 0.223 e. The molecule has 2 aromatic heterocycles. The number of aromatic nitrogens is 1. The number of fused-ring (bicyclic) bond motifs is 3. The minimum absolute atomic E-state index is 0.0886. The molecule has 1 N–H and O–H groups in total. The summed E-state index contributed by atoms with van der Waals surface area (Å²) in [7, 11) is 1.65. The van der Waals surface area contributed by atoms with Crippen LogP contribution in [0.15, 0.2) is 89.6 Å². The zero-order valence-corrected chi connectivity index (χ0v) is 19.3. The van der Waals surface area contributed by atoms with E-state index in [-0.39, 0.29) is 11.8 Å². The van der Waals surface area contributed by atoms with Crippen LogP contribution in [-0.4, -0.2) is 29.7 Å². The van der Waals surface area contributed by atoms with Crippen LogP contribution >= 0.6 is 0 Å². The van der Waals surface area contributed by atoms with Gasteiger partial charge in [-0.1, -0.05) is 48.5 Å². The summed E-state index contributed by atoms with van der Waals surface area (Å²) in [5.74, 6) is 0.950. The van der Waals surface area contributed by atoms with Crippen LogP contribution in [0.1, 0.15) is 23.5 Å². The molecule has 6 nitrogen and oxygen atoms in total. The third-order valence-electron chi connectivity index (χ3n) is 6.87. The molecule has 0 saturated carbocycles. The van der Waals surface area contributed by atoms with Gasteiger partial charge < -0.3 is 14.1 Å². The normalized spacial score (nSPS) is 15.9. The Bertz CT molecular complexity index is 1540. The van der Waals surface area contributed by atoms with Crippen LogP contribution in [0.4, 0.5) is 0 Å². The van der Waals surface area contributed by atoms with Crippen molar-refractivity contribution >= 4 is 27.8 Å². The number of furan rings is 1. The van der Waals surface area contributed by atoms with E-state index in [2.05, 4.69) is 36.4 Å². The molecule has 35 heavy (non-hydrogen) atoms. The summed E-state index contributed by atoms with van der Waals surface area (Å²) in [5.41, 5.74) is 5.86. The molecule has 0 spiro atoms. The number of carbonyl (C=O) groups excluding carboxylic acids is 1. The molecule has 174 valence electrons. The number of benzene rings is 3. The molecule has 3 aromatic carbocycles. The average molecular weight is 466 g/mol. The highest BCUT2D eigenvalue weighted by molar-refractivity contribution is 6.09. The number of amides is 1. The van der Waals surface area contributed by atoms with Crippen LogP contribution in [-0.2, 0) is 11.3 Å². The lowest BCUT2D eigenvalue weighted by Crippen LogP contribution is -2.27. The fraction of sp³-hybridized carbons (Fsp3) is 0.172. The van der Waals surface area contributed by atoms with E-state index in [0.29, 0.717) is 25.3 Å². The Morgan fingerprint density at radius 2 is 1.74 bits per heavy atom. The molecule has 1 saturated heterocycles. The van der Waals surface area contributed by atoms with E-state index >= 15 is 0 Å². The monoisotopic (exact) mass is 465 g/mol. The molecule has 1 aliphatic heterocycles. The Morgan fingerprint density at radius 1 is 1.00 bits per heavy atom. The van der Waals surface area contributed by atoms with Crippen molar-refractivity contribution in [3.63, 3.8) is 0 Å². The molecule has 0 radical (unpaired) electrons. The first-order valence-electron chi connectivity index (χ1n) is 11.7. The lowest BCUT2D eigenvalue weighted by atomic mass is 9.93. The van der Waals surface area contributed by atoms with E-state index < -0.39 is 0 Å². The first-order valence-corrected chi connectivity index (χ1v) is 11.7. The number of para-hydroxylation sites is 1. The van der Waals surface area contributed by atoms with E-state index in [1.807, 2.05) is 41.3 Å². The maximum atomic E-state index is 13.0. The van der Waals surface area contributed by atoms with Gasteiger partial charge >= 0.3 is 0 Å². The Labute approximate surface area is 202 Å². The molecule has 0 aliphatic carbocycles. The van der Waals surface area contributed by atoms with E-state index in [0.717, 1.165) is 48.9 Å². The largest absolute Gasteiger partial charge is 0.493 e. The topological polar surface area (TPSA) is 66.8 Å². The van der Waals surface area contributed by atoms with Crippen LogP contribution in [0.5, 0.6) is 5.75 Å². The van der Waals surface area contributed by atoms with Crippen LogP contribution < -0.4 is 9.47 Å². The molecule has 5 aromatic rings. The first kappa shape index (κ1) is 21.2. The first-order chi connectivity index (χ1) is 17.1. The van der Waals surface area contributed by atoms with Crippen molar-refractivity contribution < 1.29 is 23.9 Å². The minimum atomic E-state index is 0.0886. The highest BCUT2D eigenvalue weighted by atomic mass is 16.5. The standard InChI is InChI=1S/C29H25N2O4/c1-34-26-11-10-23(28-24-4-2-3-5-25(24)35-29(26)28)22-16-27(32)30(18-22)17-19-6-8-20(9-7-19)21-12-14-31(33)15-13-21/h2-15,22,33H,16-18H2,1H3/q+1. The summed E-state index contributed by atoms with van der Waals surface area (Å²) >= 11 is 0. The van der Waals surface area contributed by atoms with Crippen molar-refractivity contribution in [2.45, 2.75) is 18.9 Å². The van der Waals surface area contributed by atoms with Gasteiger partial charge in [-0.15, -0.1) is 0 Å². The molecule has 1 atom stereocenters. The number of carbonyl (C=O) groups is 1. The SMILES string of the molecule is COc1ccc(C2CC(=O)N(Cc3ccc(-c4cc[n+](O)cc4)cc3)C2)c2c1oc1ccccc12. The van der Waals surface area contributed by atoms with Crippen molar-refractivity contribution in [3.8, 4) is 16.9 Å². The van der Waals surface area contributed by atoms with E-state index in [9.17, 15) is 10.0 Å². The molecule has 1 fully saturated rings. The molecule has 1 amide bonds. The van der Waals surface area contributed by atoms with Crippen molar-refractivity contribution in [2.75, 3.05) is 13.7 Å². The van der Waals surface area contributed by atoms with Gasteiger partial charge in [-0.2, -0.15) is 0 Å². The van der Waals surface area contributed by atoms with E-state index in [4.69, 9.17) is 9.15 Å². The number of likely N-dealkylation sites (tertiary alicyclic amines) is 1. The predicted molar refractivity (Wildman–Crippen MR) is 132 cm³/mol. The van der Waals surface area contributed by atoms with Crippen LogP contribution in [0.3, 0.4) is 0 Å². The van der Waals surface area contributed by atoms with Gasteiger partial charge in [-0.05, 0) is 34.4 Å². The number of methoxy groups -OCH3 is 1. The number of rotatable bonds is 5. The Kier molecular flexibility index (Phi) is 5.14. The summed E-state index contributed by atoms with van der Waals surface area (Å²) in [5, 5.41) is 11.5. The molecule has 1 unspecified atom stereocenters. The van der Waals surface area contributed by atoms with Crippen molar-refractivity contribution in [1.82, 2.24) is 4.90 Å². The van der Waals surface area contributed by atoms with E-state index in [1.54, 1.807) is 19.5 Å². The predicted octanol–water partition coefficient (Wildman–Crippen LogP) is 5.30. The number of nitrogens with zero attached hydrogens (tertiary/aromatic N) is 2. The molecule has 6 heteroatoms. The number of hydrogen-bond acceptors (Lipinski definition) is 4. The summed E-state index contributed by atoms with van der Waals surface area (Å²) in [6.45, 7) is 1.24. The smallest absolute Gasteiger partial charge is 0.223 e. The molecule has 6 rings (SSSR count). The minimum Gasteiger partial charge on any atom is -0.493 e. The fourth-order valence-corrected chi connectivity index (χ4v) is 5.10. The molecule has 0 bridgehead atoms. The zero-order chi connectivity index (χ0) is 23.9. The lowest BCUT2D eigenvalue weighted by Gasteiger charge is -2.18. The van der Waals surface area contributed by atoms with Gasteiger partial charge in [-0.3, -0.25) is 10.0 Å². The van der Waals surface area contributed by atoms with Gasteiger partial charge in [0.15, 0.2) is 11.3 Å². The van der Waals surface area contributed by atoms with Gasteiger partial charge in [-0.25, -0.2) is 0 Å². The zero-order valence-electron chi connectivity index (χ0n) is 19.3. The Hall–Kier alpha value is -4.32. The van der Waals surface area contributed by atoms with Gasteiger partial charge in [0, 0.05) is 53.1 Å². The summed E-state index contributed by atoms with van der Waals surface area (Å²) in [4.78, 5) is 14.9. The lowest BCUT2D eigenvalue weighted by molar-refractivity contribution is -0.904. The van der Waals surface area contributed by atoms with Gasteiger partial charge in [0.25, 0.3) is 0 Å². The molecule has 3 heterocycles. The Morgan fingerprint density at radius 3 is 2.51 bits per heavy atom. The average Bonchev–Trinajstić information content (AvgIpc) is 3.45. The van der Waals surface area contributed by atoms with Gasteiger partial charge in [0.1, 0.15) is 5.58 Å². The second-order valence-corrected chi connectivity index (χ2v) is 9.00. The highest BCUT2D eigenvalue weighted by Gasteiger charge is 2.33. The third kappa shape index (κ3) is 3.77. The molecular weight excluding hydrogens is 440 g/mol. The molecule has 1 aliphatic rings. The summed E-state index contributed by atoms with van der Waals surface area (Å²) < 4.78 is 12.7. The second kappa shape index (κ2) is 8.47. The van der Waals surface area contributed by atoms with Crippen LogP contribution in [0.2, 0.25) is 0 Å². The highest BCUT2D eigenvalue weighted by Crippen LogP contribution is 2.42.